The molecule has 0 saturated carbocycles. The molecule has 6 nitrogen and oxygen atoms in total. The SMILES string of the molecule is Nc1ccccc1C(=O)NOC(=O)c1ccccc1N. The van der Waals surface area contributed by atoms with Gasteiger partial charge in [-0.2, -0.15) is 5.48 Å². The van der Waals surface area contributed by atoms with E-state index in [0.29, 0.717) is 5.69 Å². The third kappa shape index (κ3) is 2.86. The fraction of sp³-hybridized carbons (Fsp3) is 0. The van der Waals surface area contributed by atoms with Crippen molar-refractivity contribution in [2.24, 2.45) is 0 Å². The molecule has 6 heteroatoms. The number of anilines is 2. The Kier molecular flexibility index (Phi) is 3.85. The molecule has 0 heterocycles. The fourth-order valence-electron chi connectivity index (χ4n) is 1.59. The van der Waals surface area contributed by atoms with Crippen LogP contribution in [0.5, 0.6) is 0 Å². The summed E-state index contributed by atoms with van der Waals surface area (Å²) in [6.45, 7) is 0. The van der Waals surface area contributed by atoms with E-state index in [4.69, 9.17) is 16.3 Å². The van der Waals surface area contributed by atoms with Gasteiger partial charge in [-0.05, 0) is 24.3 Å². The molecule has 0 aliphatic rings. The van der Waals surface area contributed by atoms with Gasteiger partial charge in [-0.1, -0.05) is 24.3 Å². The number of rotatable bonds is 2. The van der Waals surface area contributed by atoms with E-state index in [0.717, 1.165) is 0 Å². The zero-order valence-electron chi connectivity index (χ0n) is 10.5. The number of nitrogen functional groups attached to an aromatic ring is 2. The number of hydrogen-bond donors (Lipinski definition) is 3. The van der Waals surface area contributed by atoms with Crippen LogP contribution in [0.25, 0.3) is 0 Å². The highest BCUT2D eigenvalue weighted by molar-refractivity contribution is 6.00. The number of benzene rings is 2. The molecule has 20 heavy (non-hydrogen) atoms. The third-order valence-corrected chi connectivity index (χ3v) is 2.62. The van der Waals surface area contributed by atoms with Gasteiger partial charge in [-0.3, -0.25) is 4.79 Å². The Bertz CT molecular complexity index is 598. The molecule has 2 aromatic carbocycles. The minimum Gasteiger partial charge on any atom is -0.398 e. The Morgan fingerprint density at radius 1 is 0.850 bits per heavy atom. The fourth-order valence-corrected chi connectivity index (χ4v) is 1.59. The molecule has 0 saturated heterocycles. The average Bonchev–Trinajstić information content (AvgIpc) is 2.45. The summed E-state index contributed by atoms with van der Waals surface area (Å²) in [6.07, 6.45) is 0. The molecular weight excluding hydrogens is 258 g/mol. The van der Waals surface area contributed by atoms with Gasteiger partial charge in [0, 0.05) is 11.4 Å². The van der Waals surface area contributed by atoms with Crippen LogP contribution < -0.4 is 16.9 Å². The zero-order chi connectivity index (χ0) is 14.5. The Morgan fingerprint density at radius 3 is 1.90 bits per heavy atom. The highest BCUT2D eigenvalue weighted by Crippen LogP contribution is 2.12. The molecule has 0 radical (unpaired) electrons. The van der Waals surface area contributed by atoms with E-state index in [9.17, 15) is 9.59 Å². The lowest BCUT2D eigenvalue weighted by Crippen LogP contribution is -2.28. The van der Waals surface area contributed by atoms with Crippen LogP contribution in [-0.4, -0.2) is 11.9 Å². The van der Waals surface area contributed by atoms with Gasteiger partial charge >= 0.3 is 5.97 Å². The number of nitrogens with one attached hydrogen (secondary N) is 1. The molecule has 5 N–H and O–H groups in total. The van der Waals surface area contributed by atoms with E-state index in [1.165, 1.54) is 12.1 Å². The summed E-state index contributed by atoms with van der Waals surface area (Å²) >= 11 is 0. The zero-order valence-corrected chi connectivity index (χ0v) is 10.5. The topological polar surface area (TPSA) is 107 Å². The second-order valence-corrected chi connectivity index (χ2v) is 4.00. The second kappa shape index (κ2) is 5.75. The van der Waals surface area contributed by atoms with Crippen LogP contribution in [0.15, 0.2) is 48.5 Å². The number of carbonyl (C=O) groups is 2. The van der Waals surface area contributed by atoms with Crippen molar-refractivity contribution in [2.45, 2.75) is 0 Å². The summed E-state index contributed by atoms with van der Waals surface area (Å²) in [7, 11) is 0. The second-order valence-electron chi connectivity index (χ2n) is 4.00. The summed E-state index contributed by atoms with van der Waals surface area (Å²) in [5.41, 5.74) is 14.3. The van der Waals surface area contributed by atoms with Gasteiger partial charge in [-0.15, -0.1) is 0 Å². The van der Waals surface area contributed by atoms with Gasteiger partial charge < -0.3 is 16.3 Å². The Hall–Kier alpha value is -3.02. The molecule has 0 aliphatic heterocycles. The van der Waals surface area contributed by atoms with Crippen molar-refractivity contribution in [3.8, 4) is 0 Å². The maximum atomic E-state index is 11.8. The molecule has 0 spiro atoms. The van der Waals surface area contributed by atoms with Crippen molar-refractivity contribution in [3.05, 3.63) is 59.7 Å². The van der Waals surface area contributed by atoms with Crippen molar-refractivity contribution in [1.29, 1.82) is 0 Å². The molecule has 2 aromatic rings. The van der Waals surface area contributed by atoms with Crippen LogP contribution in [0.2, 0.25) is 0 Å². The number of hydroxylamine groups is 1. The van der Waals surface area contributed by atoms with Crippen molar-refractivity contribution in [2.75, 3.05) is 11.5 Å². The van der Waals surface area contributed by atoms with Crippen LogP contribution in [-0.2, 0) is 4.84 Å². The first-order valence-corrected chi connectivity index (χ1v) is 5.80. The van der Waals surface area contributed by atoms with Crippen molar-refractivity contribution in [1.82, 2.24) is 5.48 Å². The average molecular weight is 271 g/mol. The standard InChI is InChI=1S/C14H13N3O3/c15-11-7-3-1-5-9(11)13(18)17-20-14(19)10-6-2-4-8-12(10)16/h1-8H,15-16H2,(H,17,18). The van der Waals surface area contributed by atoms with E-state index >= 15 is 0 Å². The van der Waals surface area contributed by atoms with Crippen molar-refractivity contribution < 1.29 is 14.4 Å². The van der Waals surface area contributed by atoms with Gasteiger partial charge in [0.2, 0.25) is 0 Å². The lowest BCUT2D eigenvalue weighted by Gasteiger charge is -2.08. The van der Waals surface area contributed by atoms with Crippen molar-refractivity contribution >= 4 is 23.3 Å². The largest absolute Gasteiger partial charge is 0.398 e. The van der Waals surface area contributed by atoms with E-state index < -0.39 is 11.9 Å². The first kappa shape index (κ1) is 13.4. The highest BCUT2D eigenvalue weighted by Gasteiger charge is 2.14. The van der Waals surface area contributed by atoms with E-state index in [-0.39, 0.29) is 16.8 Å². The Balaban J connectivity index is 2.03. The third-order valence-electron chi connectivity index (χ3n) is 2.62. The molecule has 102 valence electrons. The molecule has 0 aromatic heterocycles. The van der Waals surface area contributed by atoms with Gasteiger partial charge in [0.15, 0.2) is 0 Å². The minimum absolute atomic E-state index is 0.175. The first-order valence-electron chi connectivity index (χ1n) is 5.80. The van der Waals surface area contributed by atoms with Crippen LogP contribution in [0.1, 0.15) is 20.7 Å². The first-order chi connectivity index (χ1) is 9.59. The molecule has 0 unspecified atom stereocenters. The maximum absolute atomic E-state index is 11.8. The predicted molar refractivity (Wildman–Crippen MR) is 74.6 cm³/mol. The Labute approximate surface area is 115 Å². The minimum atomic E-state index is -0.744. The van der Waals surface area contributed by atoms with E-state index in [1.807, 2.05) is 5.48 Å². The quantitative estimate of drug-likeness (QED) is 0.564. The van der Waals surface area contributed by atoms with Crippen LogP contribution in [0.4, 0.5) is 11.4 Å². The monoisotopic (exact) mass is 271 g/mol. The highest BCUT2D eigenvalue weighted by atomic mass is 16.7. The number of amides is 1. The molecule has 0 bridgehead atoms. The summed E-state index contributed by atoms with van der Waals surface area (Å²) in [5, 5.41) is 0. The van der Waals surface area contributed by atoms with Gasteiger partial charge in [0.25, 0.3) is 5.91 Å². The number of para-hydroxylation sites is 2. The van der Waals surface area contributed by atoms with E-state index in [1.54, 1.807) is 36.4 Å². The normalized spacial score (nSPS) is 9.80. The smallest absolute Gasteiger partial charge is 0.365 e. The summed E-state index contributed by atoms with van der Waals surface area (Å²) in [4.78, 5) is 28.2. The molecule has 0 aliphatic carbocycles. The number of hydrogen-bond acceptors (Lipinski definition) is 5. The lowest BCUT2D eigenvalue weighted by atomic mass is 10.2. The van der Waals surface area contributed by atoms with Crippen molar-refractivity contribution in [3.63, 3.8) is 0 Å². The molecule has 2 rings (SSSR count). The van der Waals surface area contributed by atoms with Gasteiger partial charge in [-0.25, -0.2) is 4.79 Å². The Morgan fingerprint density at radius 2 is 1.35 bits per heavy atom. The molecule has 0 fully saturated rings. The summed E-state index contributed by atoms with van der Waals surface area (Å²) < 4.78 is 0. The lowest BCUT2D eigenvalue weighted by molar-refractivity contribution is 0.0231. The number of carbonyl (C=O) groups excluding carboxylic acids is 2. The predicted octanol–water partition coefficient (Wildman–Crippen LogP) is 1.35. The molecule has 0 atom stereocenters. The maximum Gasteiger partial charge on any atom is 0.365 e. The van der Waals surface area contributed by atoms with Crippen LogP contribution >= 0.6 is 0 Å². The van der Waals surface area contributed by atoms with E-state index in [2.05, 4.69) is 0 Å². The summed E-state index contributed by atoms with van der Waals surface area (Å²) in [6, 6.07) is 12.8. The van der Waals surface area contributed by atoms with Gasteiger partial charge in [0.1, 0.15) is 0 Å². The molecule has 1 amide bonds. The molecular formula is C14H13N3O3. The summed E-state index contributed by atoms with van der Waals surface area (Å²) in [5.74, 6) is -1.35. The van der Waals surface area contributed by atoms with Crippen LogP contribution in [0.3, 0.4) is 0 Å². The number of nitrogens with two attached hydrogens (primary N) is 2. The van der Waals surface area contributed by atoms with Crippen LogP contribution in [0, 0.1) is 0 Å². The van der Waals surface area contributed by atoms with Gasteiger partial charge in [0.05, 0.1) is 11.1 Å².